The first-order valence-electron chi connectivity index (χ1n) is 13.0. The summed E-state index contributed by atoms with van der Waals surface area (Å²) in [5, 5.41) is 16.1. The van der Waals surface area contributed by atoms with Crippen molar-refractivity contribution < 1.29 is 43.4 Å². The standard InChI is InChI=1S/C28H38O8.CH4O/c1-18(2)6-8-24-27(3,36-24)23-16-20(10-11-28(23)17-34-28)35-25(30)9-7-19-14-21(31-4)26(33-13-12-29)22(15-19)32-5;1-2/h6-7,9,14-15,20,23-24,29H,8,10-13,16-17H2,1-5H3;2H,1H3/b9-7+;/t20-,23?,24?,27?,28?;/m1./s1. The number of hydrogen-bond acceptors (Lipinski definition) is 9. The van der Waals surface area contributed by atoms with Crippen LogP contribution in [0.15, 0.2) is 29.9 Å². The molecular formula is C29H42O9. The Morgan fingerprint density at radius 3 is 2.39 bits per heavy atom. The van der Waals surface area contributed by atoms with E-state index in [2.05, 4.69) is 26.8 Å². The Balaban J connectivity index is 0.00000195. The summed E-state index contributed by atoms with van der Waals surface area (Å²) in [5.41, 5.74) is 1.62. The first-order chi connectivity index (χ1) is 18.2. The normalized spacial score (nSPS) is 29.2. The molecule has 1 aromatic rings. The second-order valence-corrected chi connectivity index (χ2v) is 10.2. The Bertz CT molecular complexity index is 984. The number of rotatable bonds is 11. The summed E-state index contributed by atoms with van der Waals surface area (Å²) in [6.07, 6.45) is 8.60. The molecule has 3 aliphatic rings. The topological polar surface area (TPSA) is 120 Å². The van der Waals surface area contributed by atoms with E-state index in [-0.39, 0.29) is 42.5 Å². The number of ether oxygens (including phenoxy) is 6. The number of methoxy groups -OCH3 is 2. The van der Waals surface area contributed by atoms with Gasteiger partial charge in [0.1, 0.15) is 12.7 Å². The van der Waals surface area contributed by atoms with Gasteiger partial charge in [0.2, 0.25) is 5.75 Å². The third-order valence-electron chi connectivity index (χ3n) is 7.46. The van der Waals surface area contributed by atoms with Crippen LogP contribution < -0.4 is 14.2 Å². The monoisotopic (exact) mass is 534 g/mol. The van der Waals surface area contributed by atoms with Gasteiger partial charge in [-0.05, 0) is 70.2 Å². The number of aliphatic hydroxyl groups is 2. The van der Waals surface area contributed by atoms with Gasteiger partial charge in [-0.1, -0.05) is 11.6 Å². The van der Waals surface area contributed by atoms with Crippen molar-refractivity contribution in [3.05, 3.63) is 35.4 Å². The van der Waals surface area contributed by atoms with E-state index in [0.717, 1.165) is 39.4 Å². The van der Waals surface area contributed by atoms with E-state index < -0.39 is 5.97 Å². The molecule has 0 bridgehead atoms. The van der Waals surface area contributed by atoms with E-state index in [9.17, 15) is 4.79 Å². The van der Waals surface area contributed by atoms with Crippen molar-refractivity contribution in [1.82, 2.24) is 0 Å². The maximum Gasteiger partial charge on any atom is 0.331 e. The molecule has 0 amide bonds. The highest BCUT2D eigenvalue weighted by Gasteiger charge is 2.68. The second-order valence-electron chi connectivity index (χ2n) is 10.2. The van der Waals surface area contributed by atoms with Crippen molar-refractivity contribution >= 4 is 12.0 Å². The number of carbonyl (C=O) groups excluding carboxylic acids is 1. The van der Waals surface area contributed by atoms with Crippen LogP contribution in [0.4, 0.5) is 0 Å². The number of benzene rings is 1. The van der Waals surface area contributed by atoms with Crippen molar-refractivity contribution in [2.75, 3.05) is 41.2 Å². The fourth-order valence-electron chi connectivity index (χ4n) is 5.33. The fourth-order valence-corrected chi connectivity index (χ4v) is 5.33. The van der Waals surface area contributed by atoms with E-state index in [1.54, 1.807) is 18.2 Å². The lowest BCUT2D eigenvalue weighted by molar-refractivity contribution is -0.147. The minimum Gasteiger partial charge on any atom is -0.493 e. The molecule has 9 heteroatoms. The zero-order chi connectivity index (χ0) is 27.9. The van der Waals surface area contributed by atoms with Crippen molar-refractivity contribution in [3.8, 4) is 17.2 Å². The van der Waals surface area contributed by atoms with E-state index in [4.69, 9.17) is 38.6 Å². The van der Waals surface area contributed by atoms with Crippen molar-refractivity contribution in [2.45, 2.75) is 69.9 Å². The number of esters is 1. The van der Waals surface area contributed by atoms with Gasteiger partial charge in [0, 0.05) is 19.1 Å². The van der Waals surface area contributed by atoms with Crippen LogP contribution in [-0.4, -0.2) is 80.7 Å². The van der Waals surface area contributed by atoms with Crippen molar-refractivity contribution in [1.29, 1.82) is 0 Å². The van der Waals surface area contributed by atoms with Gasteiger partial charge in [0.25, 0.3) is 0 Å². The van der Waals surface area contributed by atoms with Crippen LogP contribution in [0.1, 0.15) is 52.0 Å². The lowest BCUT2D eigenvalue weighted by atomic mass is 9.70. The Morgan fingerprint density at radius 1 is 1.18 bits per heavy atom. The molecule has 0 radical (unpaired) electrons. The average Bonchev–Trinajstić information content (AvgIpc) is 3.84. The van der Waals surface area contributed by atoms with E-state index in [1.165, 1.54) is 25.9 Å². The quantitative estimate of drug-likeness (QED) is 0.190. The number of epoxide rings is 2. The molecule has 1 saturated carbocycles. The third kappa shape index (κ3) is 6.88. The molecule has 1 spiro atoms. The summed E-state index contributed by atoms with van der Waals surface area (Å²) >= 11 is 0. The van der Waals surface area contributed by atoms with Gasteiger partial charge in [0.15, 0.2) is 11.5 Å². The number of aliphatic hydroxyl groups excluding tert-OH is 2. The van der Waals surface area contributed by atoms with Crippen LogP contribution in [0.3, 0.4) is 0 Å². The lowest BCUT2D eigenvalue weighted by Crippen LogP contribution is -2.44. The molecule has 1 aliphatic carbocycles. The van der Waals surface area contributed by atoms with Crippen LogP contribution in [0.25, 0.3) is 6.08 Å². The summed E-state index contributed by atoms with van der Waals surface area (Å²) in [6.45, 7) is 7.11. The number of carbonyl (C=O) groups is 1. The molecule has 4 unspecified atom stereocenters. The minimum atomic E-state index is -0.395. The second kappa shape index (κ2) is 13.0. The van der Waals surface area contributed by atoms with Gasteiger partial charge in [-0.15, -0.1) is 0 Å². The molecule has 38 heavy (non-hydrogen) atoms. The van der Waals surface area contributed by atoms with E-state index in [0.29, 0.717) is 22.8 Å². The largest absolute Gasteiger partial charge is 0.493 e. The summed E-state index contributed by atoms with van der Waals surface area (Å²) in [4.78, 5) is 12.7. The van der Waals surface area contributed by atoms with Crippen molar-refractivity contribution in [3.63, 3.8) is 0 Å². The van der Waals surface area contributed by atoms with Gasteiger partial charge < -0.3 is 38.6 Å². The highest BCUT2D eigenvalue weighted by atomic mass is 16.6. The molecule has 2 saturated heterocycles. The van der Waals surface area contributed by atoms with Crippen LogP contribution in [0.2, 0.25) is 0 Å². The van der Waals surface area contributed by atoms with Gasteiger partial charge in [0.05, 0.1) is 44.7 Å². The molecule has 3 fully saturated rings. The average molecular weight is 535 g/mol. The Labute approximate surface area is 225 Å². The highest BCUT2D eigenvalue weighted by molar-refractivity contribution is 5.87. The number of allylic oxidation sites excluding steroid dienone is 1. The van der Waals surface area contributed by atoms with E-state index in [1.807, 2.05) is 0 Å². The summed E-state index contributed by atoms with van der Waals surface area (Å²) in [6, 6.07) is 3.48. The Morgan fingerprint density at radius 2 is 1.84 bits per heavy atom. The molecule has 0 aromatic heterocycles. The molecular weight excluding hydrogens is 492 g/mol. The lowest BCUT2D eigenvalue weighted by Gasteiger charge is -2.36. The van der Waals surface area contributed by atoms with Gasteiger partial charge in [-0.2, -0.15) is 0 Å². The maximum atomic E-state index is 12.7. The summed E-state index contributed by atoms with van der Waals surface area (Å²) in [7, 11) is 4.04. The molecule has 2 aliphatic heterocycles. The predicted molar refractivity (Wildman–Crippen MR) is 143 cm³/mol. The highest BCUT2D eigenvalue weighted by Crippen LogP contribution is 2.59. The summed E-state index contributed by atoms with van der Waals surface area (Å²) < 4.78 is 34.3. The van der Waals surface area contributed by atoms with E-state index >= 15 is 0 Å². The molecule has 9 nitrogen and oxygen atoms in total. The SMILES string of the molecule is CO.COc1cc(/C=C/C(=O)O[C@@H]2CCC3(CO3)C(C3(C)OC3CC=C(C)C)C2)cc(OC)c1OCCO. The minimum absolute atomic E-state index is 0.114. The molecule has 2 heterocycles. The summed E-state index contributed by atoms with van der Waals surface area (Å²) in [5.74, 6) is 1.10. The van der Waals surface area contributed by atoms with Crippen LogP contribution in [0, 0.1) is 5.92 Å². The first kappa shape index (κ1) is 30.0. The fraction of sp³-hybridized carbons (Fsp3) is 0.621. The Kier molecular flexibility index (Phi) is 10.2. The van der Waals surface area contributed by atoms with Crippen LogP contribution in [0.5, 0.6) is 17.2 Å². The van der Waals surface area contributed by atoms with Crippen molar-refractivity contribution in [2.24, 2.45) is 5.92 Å². The van der Waals surface area contributed by atoms with Gasteiger partial charge in [-0.3, -0.25) is 0 Å². The van der Waals surface area contributed by atoms with Gasteiger partial charge >= 0.3 is 5.97 Å². The molecule has 4 rings (SSSR count). The Hall–Kier alpha value is -2.59. The smallest absolute Gasteiger partial charge is 0.331 e. The predicted octanol–water partition coefficient (Wildman–Crippen LogP) is 3.69. The van der Waals surface area contributed by atoms with Gasteiger partial charge in [-0.25, -0.2) is 4.79 Å². The van der Waals surface area contributed by atoms with Crippen LogP contribution in [-0.2, 0) is 19.0 Å². The molecule has 1 aromatic carbocycles. The molecule has 5 atom stereocenters. The zero-order valence-corrected chi connectivity index (χ0v) is 23.3. The third-order valence-corrected chi connectivity index (χ3v) is 7.46. The maximum absolute atomic E-state index is 12.7. The number of hydrogen-bond donors (Lipinski definition) is 2. The van der Waals surface area contributed by atoms with Crippen LogP contribution >= 0.6 is 0 Å². The molecule has 212 valence electrons. The first-order valence-corrected chi connectivity index (χ1v) is 13.0. The zero-order valence-electron chi connectivity index (χ0n) is 23.3. The molecule has 2 N–H and O–H groups in total.